The van der Waals surface area contributed by atoms with Gasteiger partial charge in [0, 0.05) is 5.39 Å². The Bertz CT molecular complexity index is 585. The summed E-state index contributed by atoms with van der Waals surface area (Å²) in [5, 5.41) is 8.64. The molecule has 0 spiro atoms. The van der Waals surface area contributed by atoms with Gasteiger partial charge in [-0.1, -0.05) is 32.0 Å². The lowest BCUT2D eigenvalue weighted by Crippen LogP contribution is -2.13. The molecule has 0 aliphatic heterocycles. The van der Waals surface area contributed by atoms with E-state index in [0.29, 0.717) is 11.6 Å². The smallest absolute Gasteiger partial charge is 0.141 e. The second-order valence-corrected chi connectivity index (χ2v) is 4.64. The van der Waals surface area contributed by atoms with Crippen LogP contribution < -0.4 is 5.73 Å². The van der Waals surface area contributed by atoms with Crippen molar-refractivity contribution in [2.45, 2.75) is 26.7 Å². The molecule has 0 saturated carbocycles. The van der Waals surface area contributed by atoms with Crippen molar-refractivity contribution in [3.63, 3.8) is 0 Å². The first kappa shape index (κ1) is 11.6. The van der Waals surface area contributed by atoms with Gasteiger partial charge in [-0.15, -0.1) is 0 Å². The summed E-state index contributed by atoms with van der Waals surface area (Å²) in [7, 11) is 0. The van der Waals surface area contributed by atoms with Gasteiger partial charge in [0.2, 0.25) is 0 Å². The minimum atomic E-state index is 0.0218. The molecular formula is C14H17N3. The molecule has 0 atom stereocenters. The molecule has 3 N–H and O–H groups in total. The summed E-state index contributed by atoms with van der Waals surface area (Å²) in [5.74, 6) is 0.432. The van der Waals surface area contributed by atoms with Crippen LogP contribution in [-0.4, -0.2) is 10.8 Å². The molecule has 1 aromatic heterocycles. The summed E-state index contributed by atoms with van der Waals surface area (Å²) < 4.78 is 0. The molecule has 0 aliphatic rings. The van der Waals surface area contributed by atoms with E-state index in [1.807, 2.05) is 13.0 Å². The lowest BCUT2D eigenvalue weighted by atomic mass is 9.97. The van der Waals surface area contributed by atoms with Gasteiger partial charge in [0.25, 0.3) is 0 Å². The Morgan fingerprint density at radius 2 is 2.06 bits per heavy atom. The molecule has 0 saturated heterocycles. The van der Waals surface area contributed by atoms with Gasteiger partial charge in [-0.25, -0.2) is 4.98 Å². The van der Waals surface area contributed by atoms with Gasteiger partial charge in [-0.05, 0) is 30.0 Å². The van der Waals surface area contributed by atoms with E-state index in [4.69, 9.17) is 11.1 Å². The van der Waals surface area contributed by atoms with Crippen LogP contribution in [0.1, 0.15) is 36.6 Å². The predicted molar refractivity (Wildman–Crippen MR) is 71.6 cm³/mol. The van der Waals surface area contributed by atoms with E-state index in [1.165, 1.54) is 5.56 Å². The summed E-state index contributed by atoms with van der Waals surface area (Å²) in [4.78, 5) is 4.51. The summed E-state index contributed by atoms with van der Waals surface area (Å²) in [6.45, 7) is 6.32. The van der Waals surface area contributed by atoms with E-state index in [1.54, 1.807) is 0 Å². The van der Waals surface area contributed by atoms with Crippen LogP contribution in [0.4, 0.5) is 0 Å². The van der Waals surface area contributed by atoms with Crippen molar-refractivity contribution < 1.29 is 0 Å². The number of amidine groups is 1. The fourth-order valence-corrected chi connectivity index (χ4v) is 2.04. The molecule has 0 bridgehead atoms. The quantitative estimate of drug-likeness (QED) is 0.612. The van der Waals surface area contributed by atoms with Crippen molar-refractivity contribution in [2.24, 2.45) is 5.73 Å². The van der Waals surface area contributed by atoms with E-state index >= 15 is 0 Å². The van der Waals surface area contributed by atoms with Gasteiger partial charge in [-0.3, -0.25) is 5.41 Å². The molecule has 0 aliphatic carbocycles. The van der Waals surface area contributed by atoms with Gasteiger partial charge in [-0.2, -0.15) is 0 Å². The van der Waals surface area contributed by atoms with Crippen LogP contribution in [0, 0.1) is 12.3 Å². The molecule has 0 fully saturated rings. The highest BCUT2D eigenvalue weighted by Gasteiger charge is 2.10. The Kier molecular flexibility index (Phi) is 2.84. The Balaban J connectivity index is 2.83. The number of nitrogens with one attached hydrogen (secondary N) is 1. The van der Waals surface area contributed by atoms with Crippen molar-refractivity contribution in [3.8, 4) is 0 Å². The van der Waals surface area contributed by atoms with Crippen molar-refractivity contribution in [2.75, 3.05) is 0 Å². The molecule has 3 nitrogen and oxygen atoms in total. The van der Waals surface area contributed by atoms with Crippen LogP contribution in [-0.2, 0) is 0 Å². The molecule has 17 heavy (non-hydrogen) atoms. The second-order valence-electron chi connectivity index (χ2n) is 4.64. The van der Waals surface area contributed by atoms with Crippen LogP contribution >= 0.6 is 0 Å². The van der Waals surface area contributed by atoms with E-state index in [9.17, 15) is 0 Å². The van der Waals surface area contributed by atoms with Crippen molar-refractivity contribution >= 4 is 16.7 Å². The number of aryl methyl sites for hydroxylation is 1. The fourth-order valence-electron chi connectivity index (χ4n) is 2.04. The number of nitrogen functional groups attached to an aromatic ring is 1. The Morgan fingerprint density at radius 1 is 1.35 bits per heavy atom. The molecule has 2 rings (SSSR count). The minimum Gasteiger partial charge on any atom is -0.382 e. The number of benzene rings is 1. The molecule has 1 heterocycles. The number of fused-ring (bicyclic) bond motifs is 1. The summed E-state index contributed by atoms with van der Waals surface area (Å²) in [6, 6.07) is 8.07. The molecule has 1 aromatic carbocycles. The van der Waals surface area contributed by atoms with Gasteiger partial charge in [0.05, 0.1) is 5.52 Å². The molecule has 0 radical (unpaired) electrons. The maximum absolute atomic E-state index is 7.50. The zero-order valence-electron chi connectivity index (χ0n) is 10.4. The zero-order chi connectivity index (χ0) is 12.6. The van der Waals surface area contributed by atoms with Crippen molar-refractivity contribution in [1.82, 2.24) is 4.98 Å². The van der Waals surface area contributed by atoms with E-state index in [-0.39, 0.29) is 5.84 Å². The maximum atomic E-state index is 7.50. The number of hydrogen-bond donors (Lipinski definition) is 2. The highest BCUT2D eigenvalue weighted by molar-refractivity contribution is 5.97. The third kappa shape index (κ3) is 2.00. The topological polar surface area (TPSA) is 62.8 Å². The zero-order valence-corrected chi connectivity index (χ0v) is 10.4. The first-order valence-electron chi connectivity index (χ1n) is 5.75. The SMILES string of the molecule is Cc1cc(C(=N)N)nc2c(C(C)C)cccc12. The van der Waals surface area contributed by atoms with Crippen LogP contribution in [0.25, 0.3) is 10.9 Å². The normalized spacial score (nSPS) is 11.1. The number of nitrogens with zero attached hydrogens (tertiary/aromatic N) is 1. The van der Waals surface area contributed by atoms with E-state index in [2.05, 4.69) is 37.0 Å². The van der Waals surface area contributed by atoms with Crippen LogP contribution in [0.3, 0.4) is 0 Å². The lowest BCUT2D eigenvalue weighted by molar-refractivity contribution is 0.872. The third-order valence-electron chi connectivity index (χ3n) is 2.98. The van der Waals surface area contributed by atoms with Gasteiger partial charge in [0.1, 0.15) is 11.5 Å². The molecule has 2 aromatic rings. The van der Waals surface area contributed by atoms with Crippen LogP contribution in [0.2, 0.25) is 0 Å². The summed E-state index contributed by atoms with van der Waals surface area (Å²) in [5.41, 5.74) is 9.36. The molecule has 88 valence electrons. The summed E-state index contributed by atoms with van der Waals surface area (Å²) in [6.07, 6.45) is 0. The third-order valence-corrected chi connectivity index (χ3v) is 2.98. The van der Waals surface area contributed by atoms with E-state index < -0.39 is 0 Å². The standard InChI is InChI=1S/C14H17N3/c1-8(2)10-5-4-6-11-9(3)7-12(14(15)16)17-13(10)11/h4-8H,1-3H3,(H3,15,16). The average molecular weight is 227 g/mol. The van der Waals surface area contributed by atoms with Crippen molar-refractivity contribution in [1.29, 1.82) is 5.41 Å². The molecule has 3 heteroatoms. The number of rotatable bonds is 2. The Hall–Kier alpha value is -1.90. The molecular weight excluding hydrogens is 210 g/mol. The largest absolute Gasteiger partial charge is 0.382 e. The second kappa shape index (κ2) is 4.17. The number of pyridine rings is 1. The molecule has 0 unspecified atom stereocenters. The van der Waals surface area contributed by atoms with Gasteiger partial charge < -0.3 is 5.73 Å². The molecule has 0 amide bonds. The van der Waals surface area contributed by atoms with Gasteiger partial charge in [0.15, 0.2) is 0 Å². The maximum Gasteiger partial charge on any atom is 0.141 e. The van der Waals surface area contributed by atoms with E-state index in [0.717, 1.165) is 16.5 Å². The Labute approximate surface area is 101 Å². The monoisotopic (exact) mass is 227 g/mol. The Morgan fingerprint density at radius 3 is 2.65 bits per heavy atom. The number of nitrogens with two attached hydrogens (primary N) is 1. The predicted octanol–water partition coefficient (Wildman–Crippen LogP) is 2.95. The highest BCUT2D eigenvalue weighted by atomic mass is 14.8. The van der Waals surface area contributed by atoms with Crippen LogP contribution in [0.15, 0.2) is 24.3 Å². The van der Waals surface area contributed by atoms with Gasteiger partial charge >= 0.3 is 0 Å². The summed E-state index contributed by atoms with van der Waals surface area (Å²) >= 11 is 0. The van der Waals surface area contributed by atoms with Crippen molar-refractivity contribution in [3.05, 3.63) is 41.1 Å². The number of hydrogen-bond acceptors (Lipinski definition) is 2. The first-order chi connectivity index (χ1) is 8.00. The van der Waals surface area contributed by atoms with Crippen LogP contribution in [0.5, 0.6) is 0 Å². The number of aromatic nitrogens is 1. The highest BCUT2D eigenvalue weighted by Crippen LogP contribution is 2.26. The fraction of sp³-hybridized carbons (Fsp3) is 0.286. The minimum absolute atomic E-state index is 0.0218. The lowest BCUT2D eigenvalue weighted by Gasteiger charge is -2.12. The average Bonchev–Trinajstić information content (AvgIpc) is 2.27. The number of para-hydroxylation sites is 1. The first-order valence-corrected chi connectivity index (χ1v) is 5.75.